The number of allylic oxidation sites excluding steroid dienone is 8. The van der Waals surface area contributed by atoms with Crippen LogP contribution in [0.4, 0.5) is 0 Å². The van der Waals surface area contributed by atoms with Crippen LogP contribution in [-0.4, -0.2) is 46.8 Å². The number of unbranched alkanes of at least 4 members (excludes halogenated alkanes) is 16. The Kier molecular flexibility index (Phi) is 33.5. The molecule has 0 saturated carbocycles. The molecule has 0 aromatic heterocycles. The molecule has 0 aromatic rings. The summed E-state index contributed by atoms with van der Waals surface area (Å²) in [6.07, 6.45) is 38.1. The summed E-state index contributed by atoms with van der Waals surface area (Å²) in [6.45, 7) is 3.46. The minimum Gasteiger partial charge on any atom is -0.462 e. The molecule has 1 atom stereocenters. The molecule has 0 spiro atoms. The lowest BCUT2D eigenvalue weighted by Crippen LogP contribution is -2.29. The van der Waals surface area contributed by atoms with Gasteiger partial charge in [-0.15, -0.1) is 0 Å². The number of hydrogen-bond donors (Lipinski definition) is 2. The monoisotopic (exact) mass is 724 g/mol. The first-order valence-electron chi connectivity index (χ1n) is 19.4. The van der Waals surface area contributed by atoms with E-state index >= 15 is 0 Å². The minimum atomic E-state index is -4.78. The van der Waals surface area contributed by atoms with Crippen molar-refractivity contribution < 1.29 is 42.7 Å². The third-order valence-corrected chi connectivity index (χ3v) is 8.53. The van der Waals surface area contributed by atoms with E-state index in [0.717, 1.165) is 96.3 Å². The fraction of sp³-hybridized carbons (Fsp3) is 0.725. The van der Waals surface area contributed by atoms with Gasteiger partial charge in [0.15, 0.2) is 11.9 Å². The van der Waals surface area contributed by atoms with Gasteiger partial charge < -0.3 is 19.3 Å². The van der Waals surface area contributed by atoms with Gasteiger partial charge in [0.05, 0.1) is 6.61 Å². The molecule has 50 heavy (non-hydrogen) atoms. The average Bonchev–Trinajstić information content (AvgIpc) is 3.07. The molecule has 2 N–H and O–H groups in total. The quantitative estimate of drug-likeness (QED) is 0.0163. The molecule has 0 bridgehead atoms. The SMILES string of the molecule is CCCCC/C=C\C/C=C\CCCCCCCCC(=O)OC[C@H](COP(=O)(O)O)OC(=O)CCCCCCC/C=C\C=C\C(=O)CCCCC. The Morgan fingerprint density at radius 2 is 1.08 bits per heavy atom. The molecule has 0 aliphatic rings. The molecule has 0 saturated heterocycles. The fourth-order valence-electron chi connectivity index (χ4n) is 5.09. The lowest BCUT2D eigenvalue weighted by molar-refractivity contribution is -0.161. The van der Waals surface area contributed by atoms with E-state index in [2.05, 4.69) is 48.8 Å². The third kappa shape index (κ3) is 36.9. The van der Waals surface area contributed by atoms with Gasteiger partial charge in [0.25, 0.3) is 0 Å². The van der Waals surface area contributed by atoms with Crippen LogP contribution in [0.15, 0.2) is 48.6 Å². The summed E-state index contributed by atoms with van der Waals surface area (Å²) in [6, 6.07) is 0. The zero-order valence-electron chi connectivity index (χ0n) is 31.3. The van der Waals surface area contributed by atoms with Crippen LogP contribution < -0.4 is 0 Å². The summed E-state index contributed by atoms with van der Waals surface area (Å²) in [7, 11) is -4.78. The van der Waals surface area contributed by atoms with Crippen LogP contribution in [0.3, 0.4) is 0 Å². The van der Waals surface area contributed by atoms with Crippen LogP contribution in [0.1, 0.15) is 168 Å². The first-order chi connectivity index (χ1) is 24.2. The summed E-state index contributed by atoms with van der Waals surface area (Å²) in [5.74, 6) is -0.792. The van der Waals surface area contributed by atoms with Crippen molar-refractivity contribution in [1.82, 2.24) is 0 Å². The number of phosphoric acid groups is 1. The van der Waals surface area contributed by atoms with Crippen molar-refractivity contribution in [2.75, 3.05) is 13.2 Å². The van der Waals surface area contributed by atoms with Crippen molar-refractivity contribution in [3.63, 3.8) is 0 Å². The van der Waals surface area contributed by atoms with Crippen LogP contribution in [0.5, 0.6) is 0 Å². The fourth-order valence-corrected chi connectivity index (χ4v) is 5.45. The lowest BCUT2D eigenvalue weighted by atomic mass is 10.1. The van der Waals surface area contributed by atoms with Crippen molar-refractivity contribution in [2.24, 2.45) is 0 Å². The molecular formula is C40H69O9P. The summed E-state index contributed by atoms with van der Waals surface area (Å²) in [5.41, 5.74) is 0. The molecule has 9 nitrogen and oxygen atoms in total. The van der Waals surface area contributed by atoms with E-state index in [4.69, 9.17) is 19.3 Å². The summed E-state index contributed by atoms with van der Waals surface area (Å²) in [4.78, 5) is 54.4. The number of esters is 2. The second-order valence-corrected chi connectivity index (χ2v) is 14.2. The van der Waals surface area contributed by atoms with Gasteiger partial charge in [-0.25, -0.2) is 4.57 Å². The summed E-state index contributed by atoms with van der Waals surface area (Å²) in [5, 5.41) is 0. The molecule has 0 aliphatic heterocycles. The van der Waals surface area contributed by atoms with E-state index in [0.29, 0.717) is 19.3 Å². The van der Waals surface area contributed by atoms with Crippen LogP contribution in [0.2, 0.25) is 0 Å². The van der Waals surface area contributed by atoms with Crippen molar-refractivity contribution in [2.45, 2.75) is 174 Å². The zero-order valence-corrected chi connectivity index (χ0v) is 32.2. The van der Waals surface area contributed by atoms with Gasteiger partial charge in [0.1, 0.15) is 6.61 Å². The Balaban J connectivity index is 4.05. The van der Waals surface area contributed by atoms with E-state index in [1.165, 1.54) is 25.7 Å². The van der Waals surface area contributed by atoms with E-state index in [9.17, 15) is 18.9 Å². The van der Waals surface area contributed by atoms with Crippen LogP contribution in [0.25, 0.3) is 0 Å². The Hall–Kier alpha value is -2.32. The van der Waals surface area contributed by atoms with Crippen molar-refractivity contribution in [3.05, 3.63) is 48.6 Å². The molecule has 0 amide bonds. The first kappa shape index (κ1) is 47.7. The van der Waals surface area contributed by atoms with Gasteiger partial charge >= 0.3 is 19.8 Å². The maximum atomic E-state index is 12.4. The van der Waals surface area contributed by atoms with Crippen molar-refractivity contribution >= 4 is 25.5 Å². The summed E-state index contributed by atoms with van der Waals surface area (Å²) < 4.78 is 26.3. The van der Waals surface area contributed by atoms with Gasteiger partial charge in [0.2, 0.25) is 0 Å². The zero-order chi connectivity index (χ0) is 37.0. The largest absolute Gasteiger partial charge is 0.469 e. The average molecular weight is 725 g/mol. The lowest BCUT2D eigenvalue weighted by Gasteiger charge is -2.18. The highest BCUT2D eigenvalue weighted by Gasteiger charge is 2.22. The molecule has 0 heterocycles. The molecule has 0 aliphatic carbocycles. The Morgan fingerprint density at radius 3 is 1.68 bits per heavy atom. The highest BCUT2D eigenvalue weighted by Crippen LogP contribution is 2.36. The van der Waals surface area contributed by atoms with Gasteiger partial charge in [-0.05, 0) is 70.3 Å². The van der Waals surface area contributed by atoms with E-state index in [1.807, 2.05) is 6.08 Å². The third-order valence-electron chi connectivity index (χ3n) is 8.05. The molecule has 0 fully saturated rings. The molecular weight excluding hydrogens is 655 g/mol. The van der Waals surface area contributed by atoms with E-state index < -0.39 is 32.5 Å². The standard InChI is InChI=1S/C40H69O9P/c1-3-5-7-8-9-10-11-12-13-14-15-16-19-22-25-29-33-39(42)47-35-38(36-48-50(44,45)46)49-40(43)34-30-26-23-20-17-18-21-24-28-32-37(41)31-27-6-4-2/h9-10,12-13,21,24,28,32,38H,3-8,11,14-20,22-23,25-27,29-31,33-36H2,1-2H3,(H2,44,45,46)/b10-9-,13-12-,24-21-,32-28+/t38-/m1/s1. The second-order valence-electron chi connectivity index (χ2n) is 12.9. The Morgan fingerprint density at radius 1 is 0.580 bits per heavy atom. The summed E-state index contributed by atoms with van der Waals surface area (Å²) >= 11 is 0. The molecule has 10 heteroatoms. The van der Waals surface area contributed by atoms with Crippen molar-refractivity contribution in [3.8, 4) is 0 Å². The van der Waals surface area contributed by atoms with Crippen LogP contribution in [0, 0.1) is 0 Å². The number of carbonyl (C=O) groups excluding carboxylic acids is 3. The number of phosphoric ester groups is 1. The van der Waals surface area contributed by atoms with E-state index in [-0.39, 0.29) is 25.2 Å². The molecule has 288 valence electrons. The van der Waals surface area contributed by atoms with Crippen LogP contribution in [-0.2, 0) is 32.9 Å². The highest BCUT2D eigenvalue weighted by molar-refractivity contribution is 7.46. The van der Waals surface area contributed by atoms with Gasteiger partial charge in [-0.2, -0.15) is 0 Å². The number of carbonyl (C=O) groups is 3. The molecule has 0 radical (unpaired) electrons. The smallest absolute Gasteiger partial charge is 0.462 e. The number of ketones is 1. The van der Waals surface area contributed by atoms with Gasteiger partial charge in [-0.1, -0.05) is 127 Å². The number of rotatable bonds is 35. The molecule has 0 aromatic carbocycles. The number of hydrogen-bond acceptors (Lipinski definition) is 7. The topological polar surface area (TPSA) is 136 Å². The highest BCUT2D eigenvalue weighted by atomic mass is 31.2. The normalized spacial score (nSPS) is 12.9. The minimum absolute atomic E-state index is 0.157. The van der Waals surface area contributed by atoms with E-state index in [1.54, 1.807) is 12.2 Å². The Labute approximate surface area is 303 Å². The van der Waals surface area contributed by atoms with Gasteiger partial charge in [-0.3, -0.25) is 18.9 Å². The predicted molar refractivity (Wildman–Crippen MR) is 203 cm³/mol. The van der Waals surface area contributed by atoms with Crippen LogP contribution >= 0.6 is 7.82 Å². The molecule has 0 unspecified atom stereocenters. The first-order valence-corrected chi connectivity index (χ1v) is 20.9. The maximum Gasteiger partial charge on any atom is 0.469 e. The van der Waals surface area contributed by atoms with Gasteiger partial charge in [0, 0.05) is 19.3 Å². The second kappa shape index (κ2) is 35.1. The molecule has 0 rings (SSSR count). The number of ether oxygens (including phenoxy) is 2. The Bertz CT molecular complexity index is 1010. The maximum absolute atomic E-state index is 12.4. The van der Waals surface area contributed by atoms with Crippen molar-refractivity contribution in [1.29, 1.82) is 0 Å². The predicted octanol–water partition coefficient (Wildman–Crippen LogP) is 10.7.